The minimum absolute atomic E-state index is 0.0181. The van der Waals surface area contributed by atoms with E-state index in [9.17, 15) is 32.9 Å². The number of benzene rings is 2. The van der Waals surface area contributed by atoms with Crippen LogP contribution in [-0.4, -0.2) is 64.0 Å². The molecular formula is C22H20F3N5O5. The van der Waals surface area contributed by atoms with E-state index < -0.39 is 42.0 Å². The molecule has 0 aliphatic carbocycles. The van der Waals surface area contributed by atoms with Crippen LogP contribution >= 0.6 is 0 Å². The fourth-order valence-electron chi connectivity index (χ4n) is 3.86. The predicted octanol–water partition coefficient (Wildman–Crippen LogP) is 2.86. The molecule has 0 bridgehead atoms. The van der Waals surface area contributed by atoms with Crippen LogP contribution in [0.15, 0.2) is 48.5 Å². The number of para-hydroxylation sites is 2. The number of amides is 1. The summed E-state index contributed by atoms with van der Waals surface area (Å²) in [5, 5.41) is 10.8. The van der Waals surface area contributed by atoms with Gasteiger partial charge in [0.1, 0.15) is 6.54 Å². The van der Waals surface area contributed by atoms with Gasteiger partial charge in [-0.1, -0.05) is 12.1 Å². The van der Waals surface area contributed by atoms with E-state index in [0.717, 1.165) is 10.3 Å². The number of non-ortho nitro benzene ring substituents is 1. The van der Waals surface area contributed by atoms with Gasteiger partial charge in [0.25, 0.3) is 11.6 Å². The number of aromatic nitrogens is 2. The molecule has 1 aliphatic rings. The molecular weight excluding hydrogens is 471 g/mol. The summed E-state index contributed by atoms with van der Waals surface area (Å²) in [5.74, 6) is -2.67. The zero-order valence-electron chi connectivity index (χ0n) is 18.3. The largest absolute Gasteiger partial charge is 0.454 e. The third kappa shape index (κ3) is 5.34. The molecule has 0 atom stereocenters. The number of carbonyl (C=O) groups is 2. The SMILES string of the molecule is O=C(Cn1c(C(F)(F)F)nc2ccccc21)OCC(=O)N1CCN(c2ccc([N+](=O)[O-])cc2)CC1. The zero-order valence-corrected chi connectivity index (χ0v) is 18.3. The molecule has 1 saturated heterocycles. The van der Waals surface area contributed by atoms with Gasteiger partial charge in [-0.2, -0.15) is 13.2 Å². The summed E-state index contributed by atoms with van der Waals surface area (Å²) in [6.45, 7) is 0.261. The van der Waals surface area contributed by atoms with Gasteiger partial charge >= 0.3 is 12.1 Å². The highest BCUT2D eigenvalue weighted by atomic mass is 19.4. The number of fused-ring (bicyclic) bond motifs is 1. The van der Waals surface area contributed by atoms with Crippen molar-refractivity contribution >= 4 is 34.3 Å². The van der Waals surface area contributed by atoms with E-state index in [4.69, 9.17) is 4.74 Å². The molecule has 1 amide bonds. The number of halogens is 3. The zero-order chi connectivity index (χ0) is 25.2. The molecule has 1 aromatic heterocycles. The third-order valence-electron chi connectivity index (χ3n) is 5.61. The van der Waals surface area contributed by atoms with Crippen LogP contribution in [0.2, 0.25) is 0 Å². The van der Waals surface area contributed by atoms with Crippen molar-refractivity contribution in [1.29, 1.82) is 0 Å². The van der Waals surface area contributed by atoms with Crippen molar-refractivity contribution in [2.45, 2.75) is 12.7 Å². The molecule has 0 saturated carbocycles. The minimum Gasteiger partial charge on any atom is -0.454 e. The van der Waals surface area contributed by atoms with Crippen molar-refractivity contribution in [1.82, 2.24) is 14.5 Å². The number of esters is 1. The van der Waals surface area contributed by atoms with Gasteiger partial charge in [-0.3, -0.25) is 19.7 Å². The Bertz CT molecular complexity index is 1250. The Labute approximate surface area is 196 Å². The highest BCUT2D eigenvalue weighted by molar-refractivity contribution is 5.82. The Morgan fingerprint density at radius 1 is 1.03 bits per heavy atom. The molecule has 2 aromatic carbocycles. The number of nitro benzene ring substituents is 1. The first-order valence-electron chi connectivity index (χ1n) is 10.6. The van der Waals surface area contributed by atoms with Crippen molar-refractivity contribution in [2.24, 2.45) is 0 Å². The Morgan fingerprint density at radius 2 is 1.69 bits per heavy atom. The van der Waals surface area contributed by atoms with Crippen LogP contribution in [-0.2, 0) is 27.0 Å². The van der Waals surface area contributed by atoms with Crippen molar-refractivity contribution in [3.05, 3.63) is 64.5 Å². The van der Waals surface area contributed by atoms with Gasteiger partial charge in [-0.15, -0.1) is 0 Å². The number of nitrogens with zero attached hydrogens (tertiary/aromatic N) is 5. The second-order valence-electron chi connectivity index (χ2n) is 7.81. The lowest BCUT2D eigenvalue weighted by atomic mass is 10.2. The maximum atomic E-state index is 13.4. The van der Waals surface area contributed by atoms with Gasteiger partial charge in [0.2, 0.25) is 5.82 Å². The Morgan fingerprint density at radius 3 is 2.31 bits per heavy atom. The Hall–Kier alpha value is -4.16. The highest BCUT2D eigenvalue weighted by Crippen LogP contribution is 2.31. The van der Waals surface area contributed by atoms with Gasteiger partial charge in [0.15, 0.2) is 6.61 Å². The van der Waals surface area contributed by atoms with Gasteiger partial charge < -0.3 is 19.1 Å². The summed E-state index contributed by atoms with van der Waals surface area (Å²) in [5.41, 5.74) is 0.984. The lowest BCUT2D eigenvalue weighted by Gasteiger charge is -2.36. The number of rotatable bonds is 6. The molecule has 0 N–H and O–H groups in total. The molecule has 13 heteroatoms. The van der Waals surface area contributed by atoms with Gasteiger partial charge in [-0.05, 0) is 24.3 Å². The number of ether oxygens (including phenoxy) is 1. The molecule has 0 spiro atoms. The molecule has 1 fully saturated rings. The Kier molecular flexibility index (Phi) is 6.58. The average molecular weight is 491 g/mol. The monoisotopic (exact) mass is 491 g/mol. The summed E-state index contributed by atoms with van der Waals surface area (Å²) in [7, 11) is 0. The van der Waals surface area contributed by atoms with E-state index in [1.54, 1.807) is 12.1 Å². The summed E-state index contributed by atoms with van der Waals surface area (Å²) >= 11 is 0. The first kappa shape index (κ1) is 24.0. The lowest BCUT2D eigenvalue weighted by Crippen LogP contribution is -2.50. The smallest absolute Gasteiger partial charge is 0.449 e. The van der Waals surface area contributed by atoms with Crippen LogP contribution in [0.5, 0.6) is 0 Å². The van der Waals surface area contributed by atoms with E-state index in [0.29, 0.717) is 26.2 Å². The van der Waals surface area contributed by atoms with E-state index in [1.165, 1.54) is 41.3 Å². The number of alkyl halides is 3. The number of anilines is 1. The molecule has 1 aliphatic heterocycles. The summed E-state index contributed by atoms with van der Waals surface area (Å²) in [6.07, 6.45) is -4.77. The normalized spacial score (nSPS) is 14.3. The fraction of sp³-hybridized carbons (Fsp3) is 0.318. The van der Waals surface area contributed by atoms with Crippen LogP contribution in [0.3, 0.4) is 0 Å². The third-order valence-corrected chi connectivity index (χ3v) is 5.61. The number of hydrogen-bond acceptors (Lipinski definition) is 7. The van der Waals surface area contributed by atoms with Gasteiger partial charge in [0, 0.05) is 44.0 Å². The maximum absolute atomic E-state index is 13.4. The molecule has 184 valence electrons. The number of hydrogen-bond donors (Lipinski definition) is 0. The molecule has 0 radical (unpaired) electrons. The first-order chi connectivity index (χ1) is 16.6. The summed E-state index contributed by atoms with van der Waals surface area (Å²) in [4.78, 5) is 42.0. The van der Waals surface area contributed by atoms with Crippen molar-refractivity contribution < 1.29 is 32.4 Å². The standard InChI is InChI=1S/C22H20F3N5O5/c23-22(24,25)21-26-17-3-1-2-4-18(17)29(21)13-20(32)35-14-19(31)28-11-9-27(10-12-28)15-5-7-16(8-6-15)30(33)34/h1-8H,9-14H2. The Balaban J connectivity index is 1.31. The second-order valence-corrected chi connectivity index (χ2v) is 7.81. The van der Waals surface area contributed by atoms with Crippen molar-refractivity contribution in [3.63, 3.8) is 0 Å². The second kappa shape index (κ2) is 9.60. The van der Waals surface area contributed by atoms with Crippen LogP contribution in [0.1, 0.15) is 5.82 Å². The molecule has 35 heavy (non-hydrogen) atoms. The van der Waals surface area contributed by atoms with Crippen molar-refractivity contribution in [2.75, 3.05) is 37.7 Å². The summed E-state index contributed by atoms with van der Waals surface area (Å²) < 4.78 is 45.8. The van der Waals surface area contributed by atoms with Crippen LogP contribution in [0, 0.1) is 10.1 Å². The molecule has 3 aromatic rings. The van der Waals surface area contributed by atoms with Crippen molar-refractivity contribution in [3.8, 4) is 0 Å². The average Bonchev–Trinajstić information content (AvgIpc) is 3.21. The minimum atomic E-state index is -4.77. The van der Waals surface area contributed by atoms with E-state index in [2.05, 4.69) is 4.98 Å². The maximum Gasteiger partial charge on any atom is 0.449 e. The molecule has 0 unspecified atom stereocenters. The van der Waals surface area contributed by atoms with Crippen LogP contribution in [0.25, 0.3) is 11.0 Å². The first-order valence-corrected chi connectivity index (χ1v) is 10.6. The van der Waals surface area contributed by atoms with Gasteiger partial charge in [0.05, 0.1) is 16.0 Å². The summed E-state index contributed by atoms with van der Waals surface area (Å²) in [6, 6.07) is 12.0. The molecule has 4 rings (SSSR count). The lowest BCUT2D eigenvalue weighted by molar-refractivity contribution is -0.384. The fourth-order valence-corrected chi connectivity index (χ4v) is 3.86. The number of piperazine rings is 1. The van der Waals surface area contributed by atoms with Crippen LogP contribution < -0.4 is 4.90 Å². The van der Waals surface area contributed by atoms with E-state index in [-0.39, 0.29) is 16.7 Å². The molecule has 2 heterocycles. The van der Waals surface area contributed by atoms with Gasteiger partial charge in [-0.25, -0.2) is 4.98 Å². The van der Waals surface area contributed by atoms with E-state index >= 15 is 0 Å². The highest BCUT2D eigenvalue weighted by Gasteiger charge is 2.38. The quantitative estimate of drug-likeness (QED) is 0.296. The predicted molar refractivity (Wildman–Crippen MR) is 118 cm³/mol. The molecule has 10 nitrogen and oxygen atoms in total. The van der Waals surface area contributed by atoms with Crippen LogP contribution in [0.4, 0.5) is 24.5 Å². The number of nitro groups is 1. The van der Waals surface area contributed by atoms with E-state index in [1.807, 2.05) is 4.90 Å². The number of imidazole rings is 1. The number of carbonyl (C=O) groups excluding carboxylic acids is 2. The topological polar surface area (TPSA) is 111 Å².